The second-order valence-electron chi connectivity index (χ2n) is 5.69. The summed E-state index contributed by atoms with van der Waals surface area (Å²) in [5, 5.41) is 10.1. The third kappa shape index (κ3) is 6.19. The van der Waals surface area contributed by atoms with Crippen molar-refractivity contribution in [1.82, 2.24) is 4.90 Å². The summed E-state index contributed by atoms with van der Waals surface area (Å²) in [4.78, 5) is 24.1. The van der Waals surface area contributed by atoms with Crippen LogP contribution < -0.4 is 0 Å². The fourth-order valence-electron chi connectivity index (χ4n) is 2.63. The molecule has 0 spiro atoms. The van der Waals surface area contributed by atoms with Crippen molar-refractivity contribution in [3.05, 3.63) is 34.9 Å². The fourth-order valence-corrected chi connectivity index (χ4v) is 2.76. The summed E-state index contributed by atoms with van der Waals surface area (Å²) >= 11 is 5.87. The largest absolute Gasteiger partial charge is 0.465 e. The number of halogens is 1. The van der Waals surface area contributed by atoms with Crippen molar-refractivity contribution >= 4 is 23.7 Å². The van der Waals surface area contributed by atoms with E-state index in [1.54, 1.807) is 19.1 Å². The Morgan fingerprint density at radius 1 is 1.36 bits per heavy atom. The van der Waals surface area contributed by atoms with Gasteiger partial charge in [-0.1, -0.05) is 23.7 Å². The summed E-state index contributed by atoms with van der Waals surface area (Å²) in [6.07, 6.45) is -0.871. The quantitative estimate of drug-likeness (QED) is 0.740. The summed E-state index contributed by atoms with van der Waals surface area (Å²) in [6, 6.07) is 7.02. The van der Waals surface area contributed by atoms with Crippen molar-refractivity contribution in [2.75, 3.05) is 33.0 Å². The first-order valence-electron chi connectivity index (χ1n) is 8.08. The van der Waals surface area contributed by atoms with Crippen LogP contribution in [0.5, 0.6) is 0 Å². The Kier molecular flexibility index (Phi) is 7.49. The lowest BCUT2D eigenvalue weighted by Crippen LogP contribution is -2.53. The summed E-state index contributed by atoms with van der Waals surface area (Å²) in [6.45, 7) is 2.43. The van der Waals surface area contributed by atoms with Crippen LogP contribution in [0.3, 0.4) is 0 Å². The molecule has 1 aromatic rings. The van der Waals surface area contributed by atoms with E-state index in [2.05, 4.69) is 0 Å². The first-order valence-corrected chi connectivity index (χ1v) is 8.46. The zero-order valence-electron chi connectivity index (χ0n) is 14.0. The van der Waals surface area contributed by atoms with Gasteiger partial charge in [0.25, 0.3) is 0 Å². The summed E-state index contributed by atoms with van der Waals surface area (Å²) in [5.74, 6) is -0.450. The van der Waals surface area contributed by atoms with E-state index in [9.17, 15) is 14.7 Å². The average Bonchev–Trinajstić information content (AvgIpc) is 2.58. The molecule has 0 unspecified atom stereocenters. The van der Waals surface area contributed by atoms with Crippen LogP contribution in [0.25, 0.3) is 0 Å². The molecule has 2 atom stereocenters. The maximum atomic E-state index is 11.6. The molecule has 1 aromatic carbocycles. The van der Waals surface area contributed by atoms with Crippen LogP contribution in [0.1, 0.15) is 12.5 Å². The highest BCUT2D eigenvalue weighted by atomic mass is 35.5. The molecule has 1 aliphatic rings. The minimum absolute atomic E-state index is 0.135. The number of rotatable bonds is 7. The second-order valence-corrected chi connectivity index (χ2v) is 6.13. The average molecular weight is 372 g/mol. The van der Waals surface area contributed by atoms with Crippen molar-refractivity contribution in [3.8, 4) is 0 Å². The lowest BCUT2D eigenvalue weighted by atomic mass is 10.0. The van der Waals surface area contributed by atoms with Crippen molar-refractivity contribution in [1.29, 1.82) is 0 Å². The van der Waals surface area contributed by atoms with Gasteiger partial charge in [0, 0.05) is 5.02 Å². The number of amides is 1. The minimum atomic E-state index is -1.00. The fraction of sp³-hybridized carbons (Fsp3) is 0.529. The van der Waals surface area contributed by atoms with Gasteiger partial charge in [-0.05, 0) is 31.0 Å². The van der Waals surface area contributed by atoms with Gasteiger partial charge in [0.15, 0.2) is 0 Å². The molecule has 0 bridgehead atoms. The highest BCUT2D eigenvalue weighted by molar-refractivity contribution is 6.30. The lowest BCUT2D eigenvalue weighted by molar-refractivity contribution is -0.151. The molecule has 1 N–H and O–H groups in total. The Labute approximate surface area is 151 Å². The molecular formula is C17H22ClNO6. The third-order valence-corrected chi connectivity index (χ3v) is 4.08. The molecular weight excluding hydrogens is 350 g/mol. The smallest absolute Gasteiger partial charge is 0.407 e. The minimum Gasteiger partial charge on any atom is -0.465 e. The highest BCUT2D eigenvalue weighted by Crippen LogP contribution is 2.18. The summed E-state index contributed by atoms with van der Waals surface area (Å²) in [7, 11) is 0. The van der Waals surface area contributed by atoms with Crippen LogP contribution in [0.2, 0.25) is 5.02 Å². The highest BCUT2D eigenvalue weighted by Gasteiger charge is 2.32. The van der Waals surface area contributed by atoms with E-state index in [-0.39, 0.29) is 32.4 Å². The van der Waals surface area contributed by atoms with Gasteiger partial charge in [-0.2, -0.15) is 0 Å². The van der Waals surface area contributed by atoms with Crippen LogP contribution in [0.15, 0.2) is 24.3 Å². The Hall–Kier alpha value is -1.83. The summed E-state index contributed by atoms with van der Waals surface area (Å²) in [5.41, 5.74) is 0.987. The number of hydrogen-bond acceptors (Lipinski definition) is 5. The van der Waals surface area contributed by atoms with Crippen molar-refractivity contribution in [2.24, 2.45) is 0 Å². The first kappa shape index (κ1) is 19.5. The third-order valence-electron chi connectivity index (χ3n) is 3.82. The molecule has 0 radical (unpaired) electrons. The monoisotopic (exact) mass is 371 g/mol. The zero-order valence-corrected chi connectivity index (χ0v) is 14.8. The summed E-state index contributed by atoms with van der Waals surface area (Å²) < 4.78 is 15.7. The van der Waals surface area contributed by atoms with Gasteiger partial charge < -0.3 is 24.2 Å². The van der Waals surface area contributed by atoms with E-state index in [0.29, 0.717) is 18.1 Å². The van der Waals surface area contributed by atoms with Crippen LogP contribution in [0.4, 0.5) is 4.79 Å². The number of esters is 1. The molecule has 1 fully saturated rings. The molecule has 0 aromatic heterocycles. The molecule has 2 rings (SSSR count). The standard InChI is InChI=1S/C17H22ClNO6/c1-2-24-16(20)11-23-10-15-8-19(17(21)22)14(9-25-15)7-12-3-5-13(18)6-4-12/h3-6,14-15H,2,7-11H2,1H3,(H,21,22)/t14-,15+/m0/s1. The van der Waals surface area contributed by atoms with Gasteiger partial charge in [0.2, 0.25) is 0 Å². The Bertz CT molecular complexity index is 579. The van der Waals surface area contributed by atoms with Gasteiger partial charge in [-0.25, -0.2) is 9.59 Å². The van der Waals surface area contributed by atoms with Gasteiger partial charge >= 0.3 is 12.1 Å². The predicted molar refractivity (Wildman–Crippen MR) is 90.9 cm³/mol. The zero-order chi connectivity index (χ0) is 18.2. The van der Waals surface area contributed by atoms with Crippen LogP contribution >= 0.6 is 11.6 Å². The number of carbonyl (C=O) groups is 2. The molecule has 8 heteroatoms. The Balaban J connectivity index is 1.86. The molecule has 138 valence electrons. The number of carboxylic acid groups (broad SMARTS) is 1. The maximum absolute atomic E-state index is 11.6. The van der Waals surface area contributed by atoms with Crippen molar-refractivity contribution in [2.45, 2.75) is 25.5 Å². The van der Waals surface area contributed by atoms with Crippen LogP contribution in [0, 0.1) is 0 Å². The Morgan fingerprint density at radius 2 is 2.08 bits per heavy atom. The lowest BCUT2D eigenvalue weighted by Gasteiger charge is -2.38. The SMILES string of the molecule is CCOC(=O)COC[C@H]1CN(C(=O)O)[C@@H](Cc2ccc(Cl)cc2)CO1. The molecule has 1 aliphatic heterocycles. The van der Waals surface area contributed by atoms with Gasteiger partial charge in [0.05, 0.1) is 38.5 Å². The maximum Gasteiger partial charge on any atom is 0.407 e. The van der Waals surface area contributed by atoms with Gasteiger partial charge in [-0.3, -0.25) is 0 Å². The number of morpholine rings is 1. The Morgan fingerprint density at radius 3 is 2.72 bits per heavy atom. The number of ether oxygens (including phenoxy) is 3. The number of hydrogen-bond donors (Lipinski definition) is 1. The van der Waals surface area contributed by atoms with Crippen LogP contribution in [-0.4, -0.2) is 67.2 Å². The van der Waals surface area contributed by atoms with Crippen molar-refractivity contribution in [3.63, 3.8) is 0 Å². The number of nitrogens with zero attached hydrogens (tertiary/aromatic N) is 1. The van der Waals surface area contributed by atoms with E-state index in [1.165, 1.54) is 4.90 Å². The molecule has 1 amide bonds. The van der Waals surface area contributed by atoms with E-state index < -0.39 is 18.2 Å². The van der Waals surface area contributed by atoms with Gasteiger partial charge in [-0.15, -0.1) is 0 Å². The second kappa shape index (κ2) is 9.60. The van der Waals surface area contributed by atoms with E-state index in [4.69, 9.17) is 25.8 Å². The molecule has 25 heavy (non-hydrogen) atoms. The molecule has 7 nitrogen and oxygen atoms in total. The number of benzene rings is 1. The van der Waals surface area contributed by atoms with Crippen molar-refractivity contribution < 1.29 is 28.9 Å². The number of carbonyl (C=O) groups excluding carboxylic acids is 1. The normalized spacial score (nSPS) is 20.3. The van der Waals surface area contributed by atoms with E-state index in [0.717, 1.165) is 5.56 Å². The van der Waals surface area contributed by atoms with Crippen LogP contribution in [-0.2, 0) is 25.4 Å². The molecule has 1 heterocycles. The molecule has 0 saturated carbocycles. The molecule has 0 aliphatic carbocycles. The van der Waals surface area contributed by atoms with Gasteiger partial charge in [0.1, 0.15) is 6.61 Å². The van der Waals surface area contributed by atoms with E-state index >= 15 is 0 Å². The predicted octanol–water partition coefficient (Wildman–Crippen LogP) is 2.21. The first-order chi connectivity index (χ1) is 12.0. The van der Waals surface area contributed by atoms with E-state index in [1.807, 2.05) is 12.1 Å². The molecule has 1 saturated heterocycles. The topological polar surface area (TPSA) is 85.3 Å².